The van der Waals surface area contributed by atoms with E-state index in [0.29, 0.717) is 0 Å². The predicted molar refractivity (Wildman–Crippen MR) is 80.0 cm³/mol. The van der Waals surface area contributed by atoms with Gasteiger partial charge < -0.3 is 5.32 Å². The van der Waals surface area contributed by atoms with Crippen LogP contribution in [0.25, 0.3) is 0 Å². The Balaban J connectivity index is 2.21. The van der Waals surface area contributed by atoms with Crippen LogP contribution >= 0.6 is 0 Å². The van der Waals surface area contributed by atoms with Crippen molar-refractivity contribution in [1.29, 1.82) is 0 Å². The van der Waals surface area contributed by atoms with Crippen molar-refractivity contribution in [2.75, 3.05) is 13.1 Å². The number of hydrogen-bond donors (Lipinski definition) is 1. The summed E-state index contributed by atoms with van der Waals surface area (Å²) in [7, 11) is 0. The van der Waals surface area contributed by atoms with Gasteiger partial charge in [-0.15, -0.1) is 0 Å². The van der Waals surface area contributed by atoms with E-state index in [2.05, 4.69) is 55.0 Å². The maximum absolute atomic E-state index is 4.49. The average Bonchev–Trinajstić information content (AvgIpc) is 2.40. The van der Waals surface area contributed by atoms with E-state index in [0.717, 1.165) is 19.6 Å². The van der Waals surface area contributed by atoms with Crippen LogP contribution in [0.1, 0.15) is 46.2 Å². The summed E-state index contributed by atoms with van der Waals surface area (Å²) < 4.78 is 0. The minimum atomic E-state index is 0.183. The van der Waals surface area contributed by atoms with Crippen molar-refractivity contribution in [3.05, 3.63) is 30.1 Å². The molecule has 2 heterocycles. The predicted octanol–water partition coefficient (Wildman–Crippen LogP) is 2.82. The summed E-state index contributed by atoms with van der Waals surface area (Å²) >= 11 is 0. The molecular weight excluding hydrogens is 234 g/mol. The zero-order valence-electron chi connectivity index (χ0n) is 12.7. The zero-order chi connectivity index (χ0) is 13.9. The summed E-state index contributed by atoms with van der Waals surface area (Å²) in [5.41, 5.74) is 1.63. The van der Waals surface area contributed by atoms with Gasteiger partial charge in [0.1, 0.15) is 0 Å². The topological polar surface area (TPSA) is 28.2 Å². The molecule has 0 spiro atoms. The van der Waals surface area contributed by atoms with Crippen LogP contribution in [0.15, 0.2) is 24.4 Å². The largest absolute Gasteiger partial charge is 0.309 e. The van der Waals surface area contributed by atoms with Gasteiger partial charge in [0, 0.05) is 36.9 Å². The molecule has 3 heteroatoms. The van der Waals surface area contributed by atoms with Gasteiger partial charge in [0.25, 0.3) is 0 Å². The average molecular weight is 261 g/mol. The van der Waals surface area contributed by atoms with Gasteiger partial charge in [-0.25, -0.2) is 0 Å². The van der Waals surface area contributed by atoms with Crippen LogP contribution in [0.5, 0.6) is 0 Å². The van der Waals surface area contributed by atoms with Crippen molar-refractivity contribution in [2.24, 2.45) is 0 Å². The fraction of sp³-hybridized carbons (Fsp3) is 0.688. The highest BCUT2D eigenvalue weighted by molar-refractivity contribution is 5.08. The molecule has 0 aliphatic carbocycles. The maximum atomic E-state index is 4.49. The number of piperazine rings is 1. The number of nitrogens with zero attached hydrogens (tertiary/aromatic N) is 2. The number of aromatic nitrogens is 1. The second-order valence-corrected chi connectivity index (χ2v) is 6.35. The van der Waals surface area contributed by atoms with E-state index in [9.17, 15) is 0 Å². The third kappa shape index (κ3) is 3.15. The molecule has 1 saturated heterocycles. The van der Waals surface area contributed by atoms with Gasteiger partial charge in [-0.05, 0) is 38.8 Å². The third-order valence-electron chi connectivity index (χ3n) is 4.55. The Morgan fingerprint density at radius 1 is 1.26 bits per heavy atom. The molecule has 0 amide bonds. The molecule has 1 aliphatic heterocycles. The molecular formula is C16H27N3. The fourth-order valence-electron chi connectivity index (χ4n) is 3.07. The highest BCUT2D eigenvalue weighted by Gasteiger charge is 2.41. The Morgan fingerprint density at radius 2 is 2.00 bits per heavy atom. The lowest BCUT2D eigenvalue weighted by atomic mass is 9.84. The molecule has 19 heavy (non-hydrogen) atoms. The monoisotopic (exact) mass is 261 g/mol. The summed E-state index contributed by atoms with van der Waals surface area (Å²) in [4.78, 5) is 7.12. The van der Waals surface area contributed by atoms with Crippen molar-refractivity contribution in [3.63, 3.8) is 0 Å². The first-order chi connectivity index (χ1) is 9.01. The number of nitrogens with one attached hydrogen (secondary N) is 1. The molecule has 0 unspecified atom stereocenters. The van der Waals surface area contributed by atoms with E-state index < -0.39 is 0 Å². The first-order valence-electron chi connectivity index (χ1n) is 7.41. The van der Waals surface area contributed by atoms with E-state index in [1.165, 1.54) is 18.5 Å². The highest BCUT2D eigenvalue weighted by Crippen LogP contribution is 2.31. The van der Waals surface area contributed by atoms with E-state index in [4.69, 9.17) is 0 Å². The van der Waals surface area contributed by atoms with Crippen LogP contribution in [0, 0.1) is 0 Å². The number of rotatable bonds is 4. The normalized spacial score (nSPS) is 22.3. The summed E-state index contributed by atoms with van der Waals surface area (Å²) in [6.07, 6.45) is 4.25. The van der Waals surface area contributed by atoms with E-state index in [-0.39, 0.29) is 11.1 Å². The molecule has 1 aliphatic rings. The maximum Gasteiger partial charge on any atom is 0.0544 e. The van der Waals surface area contributed by atoms with Gasteiger partial charge in [-0.2, -0.15) is 0 Å². The number of hydrogen-bond acceptors (Lipinski definition) is 3. The van der Waals surface area contributed by atoms with Crippen molar-refractivity contribution in [1.82, 2.24) is 15.2 Å². The Kier molecular flexibility index (Phi) is 4.26. The lowest BCUT2D eigenvalue weighted by Gasteiger charge is -2.52. The first-order valence-corrected chi connectivity index (χ1v) is 7.41. The van der Waals surface area contributed by atoms with Crippen molar-refractivity contribution >= 4 is 0 Å². The molecule has 1 aromatic heterocycles. The van der Waals surface area contributed by atoms with E-state index >= 15 is 0 Å². The standard InChI is InChI=1S/C16H27N3/c1-5-16(6-2)12-18-15(3,4)13-19(16)11-14-9-7-8-10-17-14/h7-10,18H,5-6,11-13H2,1-4H3. The Morgan fingerprint density at radius 3 is 2.58 bits per heavy atom. The Bertz CT molecular complexity index is 396. The van der Waals surface area contributed by atoms with Crippen molar-refractivity contribution in [3.8, 4) is 0 Å². The van der Waals surface area contributed by atoms with E-state index in [1.54, 1.807) is 0 Å². The minimum absolute atomic E-state index is 0.183. The summed E-state index contributed by atoms with van der Waals surface area (Å²) in [5.74, 6) is 0. The van der Waals surface area contributed by atoms with Gasteiger partial charge in [-0.3, -0.25) is 9.88 Å². The van der Waals surface area contributed by atoms with Crippen LogP contribution in [0.4, 0.5) is 0 Å². The van der Waals surface area contributed by atoms with Gasteiger partial charge in [0.05, 0.1) is 5.69 Å². The second-order valence-electron chi connectivity index (χ2n) is 6.35. The molecule has 106 valence electrons. The Hall–Kier alpha value is -0.930. The van der Waals surface area contributed by atoms with Crippen molar-refractivity contribution in [2.45, 2.75) is 58.2 Å². The molecule has 2 rings (SSSR count). The molecule has 3 nitrogen and oxygen atoms in total. The van der Waals surface area contributed by atoms with E-state index in [1.807, 2.05) is 12.3 Å². The summed E-state index contributed by atoms with van der Waals surface area (Å²) in [6, 6.07) is 6.19. The van der Waals surface area contributed by atoms with Crippen LogP contribution in [0.2, 0.25) is 0 Å². The van der Waals surface area contributed by atoms with Crippen molar-refractivity contribution < 1.29 is 0 Å². The number of pyridine rings is 1. The molecule has 0 bridgehead atoms. The molecule has 1 aromatic rings. The quantitative estimate of drug-likeness (QED) is 0.903. The van der Waals surface area contributed by atoms with Crippen LogP contribution < -0.4 is 5.32 Å². The molecule has 0 saturated carbocycles. The molecule has 0 aromatic carbocycles. The molecule has 0 radical (unpaired) electrons. The third-order valence-corrected chi connectivity index (χ3v) is 4.55. The van der Waals surface area contributed by atoms with Crippen LogP contribution in [0.3, 0.4) is 0 Å². The summed E-state index contributed by atoms with van der Waals surface area (Å²) in [6.45, 7) is 12.3. The fourth-order valence-corrected chi connectivity index (χ4v) is 3.07. The van der Waals surface area contributed by atoms with Crippen LogP contribution in [-0.2, 0) is 6.54 Å². The summed E-state index contributed by atoms with van der Waals surface area (Å²) in [5, 5.41) is 3.70. The Labute approximate surface area is 117 Å². The van der Waals surface area contributed by atoms with Gasteiger partial charge >= 0.3 is 0 Å². The lowest BCUT2D eigenvalue weighted by molar-refractivity contribution is 0.00147. The first kappa shape index (κ1) is 14.5. The molecule has 1 N–H and O–H groups in total. The highest BCUT2D eigenvalue weighted by atomic mass is 15.3. The van der Waals surface area contributed by atoms with Gasteiger partial charge in [0.15, 0.2) is 0 Å². The van der Waals surface area contributed by atoms with Crippen LogP contribution in [-0.4, -0.2) is 34.1 Å². The smallest absolute Gasteiger partial charge is 0.0544 e. The second kappa shape index (κ2) is 5.59. The van der Waals surface area contributed by atoms with Gasteiger partial charge in [0.2, 0.25) is 0 Å². The molecule has 0 atom stereocenters. The van der Waals surface area contributed by atoms with Gasteiger partial charge in [-0.1, -0.05) is 19.9 Å². The SMILES string of the molecule is CCC1(CC)CNC(C)(C)CN1Cc1ccccn1. The lowest BCUT2D eigenvalue weighted by Crippen LogP contribution is -2.67. The molecule has 1 fully saturated rings. The zero-order valence-corrected chi connectivity index (χ0v) is 12.7. The minimum Gasteiger partial charge on any atom is -0.309 e.